The SMILES string of the molecule is Cc1cn([C@H]2C[C@H](O[Si](c3ccccc3)(c3ccccc3)C(C)(C)C)/C(=C\CO)O2)c(=O)[nH]c1=O. The fourth-order valence-corrected chi connectivity index (χ4v) is 9.49. The van der Waals surface area contributed by atoms with E-state index < -0.39 is 31.9 Å². The molecule has 1 aliphatic heterocycles. The molecular weight excluding hydrogens is 460 g/mol. The second kappa shape index (κ2) is 9.81. The van der Waals surface area contributed by atoms with E-state index in [2.05, 4.69) is 50.0 Å². The monoisotopic (exact) mass is 492 g/mol. The molecule has 7 nitrogen and oxygen atoms in total. The Labute approximate surface area is 205 Å². The van der Waals surface area contributed by atoms with Crippen LogP contribution in [0.25, 0.3) is 0 Å². The zero-order valence-corrected chi connectivity index (χ0v) is 21.5. The lowest BCUT2D eigenvalue weighted by Crippen LogP contribution is -2.67. The zero-order valence-electron chi connectivity index (χ0n) is 20.5. The van der Waals surface area contributed by atoms with Crippen LogP contribution >= 0.6 is 0 Å². The Morgan fingerprint density at radius 2 is 1.66 bits per heavy atom. The van der Waals surface area contributed by atoms with Crippen LogP contribution in [0.15, 0.2) is 88.3 Å². The summed E-state index contributed by atoms with van der Waals surface area (Å²) in [4.78, 5) is 26.8. The van der Waals surface area contributed by atoms with Crippen LogP contribution in [0, 0.1) is 6.92 Å². The molecule has 4 rings (SSSR count). The number of nitrogens with one attached hydrogen (secondary N) is 1. The van der Waals surface area contributed by atoms with Crippen molar-refractivity contribution in [3.05, 3.63) is 105 Å². The van der Waals surface area contributed by atoms with Crippen LogP contribution in [0.5, 0.6) is 0 Å². The second-order valence-corrected chi connectivity index (χ2v) is 14.1. The van der Waals surface area contributed by atoms with Crippen molar-refractivity contribution in [2.45, 2.75) is 51.5 Å². The summed E-state index contributed by atoms with van der Waals surface area (Å²) in [6.07, 6.45) is 2.30. The molecule has 3 aromatic rings. The van der Waals surface area contributed by atoms with Gasteiger partial charge in [-0.3, -0.25) is 14.3 Å². The van der Waals surface area contributed by atoms with Crippen LogP contribution < -0.4 is 21.6 Å². The van der Waals surface area contributed by atoms with Gasteiger partial charge in [0.2, 0.25) is 0 Å². The van der Waals surface area contributed by atoms with Gasteiger partial charge in [0.25, 0.3) is 13.9 Å². The van der Waals surface area contributed by atoms with Gasteiger partial charge in [-0.05, 0) is 28.4 Å². The minimum absolute atomic E-state index is 0.220. The molecule has 8 heteroatoms. The quantitative estimate of drug-likeness (QED) is 0.516. The van der Waals surface area contributed by atoms with Crippen molar-refractivity contribution >= 4 is 18.7 Å². The number of aliphatic hydroxyl groups is 1. The lowest BCUT2D eigenvalue weighted by atomic mass is 10.2. The molecule has 2 atom stereocenters. The van der Waals surface area contributed by atoms with Crippen LogP contribution in [0.3, 0.4) is 0 Å². The lowest BCUT2D eigenvalue weighted by molar-refractivity contribution is 0.0909. The summed E-state index contributed by atoms with van der Waals surface area (Å²) in [5.41, 5.74) is -0.548. The average Bonchev–Trinajstić information content (AvgIpc) is 3.22. The van der Waals surface area contributed by atoms with Gasteiger partial charge in [-0.2, -0.15) is 0 Å². The summed E-state index contributed by atoms with van der Waals surface area (Å²) in [5, 5.41) is 11.7. The van der Waals surface area contributed by atoms with Gasteiger partial charge in [0.1, 0.15) is 11.9 Å². The number of hydrogen-bond acceptors (Lipinski definition) is 5. The van der Waals surface area contributed by atoms with Gasteiger partial charge in [-0.25, -0.2) is 4.79 Å². The van der Waals surface area contributed by atoms with E-state index in [9.17, 15) is 14.7 Å². The number of aryl methyl sites for hydroxylation is 1. The van der Waals surface area contributed by atoms with E-state index in [-0.39, 0.29) is 11.6 Å². The molecule has 0 aliphatic carbocycles. The van der Waals surface area contributed by atoms with Gasteiger partial charge in [0.05, 0.1) is 6.61 Å². The second-order valence-electron chi connectivity index (χ2n) is 9.85. The van der Waals surface area contributed by atoms with E-state index in [1.165, 1.54) is 10.8 Å². The van der Waals surface area contributed by atoms with Gasteiger partial charge in [0.15, 0.2) is 6.23 Å². The topological polar surface area (TPSA) is 93.6 Å². The van der Waals surface area contributed by atoms with Crippen molar-refractivity contribution in [3.8, 4) is 0 Å². The largest absolute Gasteiger partial charge is 0.472 e. The summed E-state index contributed by atoms with van der Waals surface area (Å²) < 4.78 is 14.7. The highest BCUT2D eigenvalue weighted by molar-refractivity contribution is 6.99. The molecule has 0 unspecified atom stereocenters. The van der Waals surface area contributed by atoms with Crippen LogP contribution in [0.4, 0.5) is 0 Å². The van der Waals surface area contributed by atoms with Gasteiger partial charge in [-0.15, -0.1) is 0 Å². The van der Waals surface area contributed by atoms with Crippen molar-refractivity contribution in [2.24, 2.45) is 0 Å². The fraction of sp³-hybridized carbons (Fsp3) is 0.333. The van der Waals surface area contributed by atoms with Crippen LogP contribution in [0.1, 0.15) is 39.0 Å². The number of nitrogens with zero attached hydrogens (tertiary/aromatic N) is 1. The molecule has 0 amide bonds. The number of rotatable bonds is 6. The number of ether oxygens (including phenoxy) is 1. The number of benzene rings is 2. The maximum Gasteiger partial charge on any atom is 0.331 e. The van der Waals surface area contributed by atoms with Crippen LogP contribution in [-0.2, 0) is 9.16 Å². The summed E-state index contributed by atoms with van der Waals surface area (Å²) in [6.45, 7) is 8.00. The Kier molecular flexibility index (Phi) is 6.98. The minimum Gasteiger partial charge on any atom is -0.472 e. The third-order valence-electron chi connectivity index (χ3n) is 6.49. The van der Waals surface area contributed by atoms with E-state index in [1.54, 1.807) is 13.0 Å². The van der Waals surface area contributed by atoms with Gasteiger partial charge in [0, 0.05) is 18.2 Å². The number of aliphatic hydroxyl groups excluding tert-OH is 1. The Bertz CT molecular complexity index is 1270. The average molecular weight is 493 g/mol. The number of H-pyrrole nitrogens is 1. The van der Waals surface area contributed by atoms with Gasteiger partial charge in [-0.1, -0.05) is 81.4 Å². The highest BCUT2D eigenvalue weighted by Crippen LogP contribution is 2.42. The van der Waals surface area contributed by atoms with E-state index in [0.29, 0.717) is 17.7 Å². The summed E-state index contributed by atoms with van der Waals surface area (Å²) in [7, 11) is -2.90. The third-order valence-corrected chi connectivity index (χ3v) is 11.5. The summed E-state index contributed by atoms with van der Waals surface area (Å²) in [6, 6.07) is 20.5. The molecule has 0 saturated carbocycles. The minimum atomic E-state index is -2.90. The predicted molar refractivity (Wildman–Crippen MR) is 138 cm³/mol. The summed E-state index contributed by atoms with van der Waals surface area (Å²) in [5.74, 6) is 0.487. The molecule has 0 spiro atoms. The predicted octanol–water partition coefficient (Wildman–Crippen LogP) is 2.59. The van der Waals surface area contributed by atoms with Crippen molar-refractivity contribution < 1.29 is 14.3 Å². The molecule has 184 valence electrons. The maximum absolute atomic E-state index is 12.6. The molecular formula is C27H32N2O5Si. The molecule has 35 heavy (non-hydrogen) atoms. The zero-order chi connectivity index (χ0) is 25.2. The Hall–Kier alpha value is -3.20. The first-order chi connectivity index (χ1) is 16.7. The first-order valence-electron chi connectivity index (χ1n) is 11.8. The Morgan fingerprint density at radius 1 is 1.09 bits per heavy atom. The molecule has 0 bridgehead atoms. The van der Waals surface area contributed by atoms with E-state index in [1.807, 2.05) is 36.4 Å². The number of aromatic nitrogens is 2. The van der Waals surface area contributed by atoms with E-state index in [4.69, 9.17) is 9.16 Å². The molecule has 2 heterocycles. The maximum atomic E-state index is 12.6. The Balaban J connectivity index is 1.83. The van der Waals surface area contributed by atoms with Crippen molar-refractivity contribution in [3.63, 3.8) is 0 Å². The molecule has 1 saturated heterocycles. The lowest BCUT2D eigenvalue weighted by Gasteiger charge is -2.44. The van der Waals surface area contributed by atoms with E-state index >= 15 is 0 Å². The smallest absolute Gasteiger partial charge is 0.331 e. The molecule has 1 fully saturated rings. The highest BCUT2D eigenvalue weighted by Gasteiger charge is 2.53. The fourth-order valence-electron chi connectivity index (χ4n) is 4.83. The van der Waals surface area contributed by atoms with Crippen LogP contribution in [0.2, 0.25) is 5.04 Å². The highest BCUT2D eigenvalue weighted by atomic mass is 28.4. The first-order valence-corrected chi connectivity index (χ1v) is 13.7. The Morgan fingerprint density at radius 3 is 2.17 bits per heavy atom. The van der Waals surface area contributed by atoms with Crippen molar-refractivity contribution in [1.82, 2.24) is 9.55 Å². The molecule has 0 radical (unpaired) electrons. The molecule has 2 aromatic carbocycles. The van der Waals surface area contributed by atoms with Gasteiger partial charge < -0.3 is 14.3 Å². The van der Waals surface area contributed by atoms with Crippen LogP contribution in [-0.4, -0.2) is 35.7 Å². The summed E-state index contributed by atoms with van der Waals surface area (Å²) >= 11 is 0. The molecule has 1 aliphatic rings. The van der Waals surface area contributed by atoms with E-state index in [0.717, 1.165) is 10.4 Å². The first kappa shape index (κ1) is 24.9. The van der Waals surface area contributed by atoms with Crippen molar-refractivity contribution in [1.29, 1.82) is 0 Å². The van der Waals surface area contributed by atoms with Crippen molar-refractivity contribution in [2.75, 3.05) is 6.61 Å². The third kappa shape index (κ3) is 4.69. The molecule has 2 N–H and O–H groups in total. The number of aromatic amines is 1. The van der Waals surface area contributed by atoms with Gasteiger partial charge >= 0.3 is 5.69 Å². The number of hydrogen-bond donors (Lipinski definition) is 2. The normalized spacial score (nSPS) is 19.6. The standard InChI is InChI=1S/C27H32N2O5Si/c1-19-18-29(26(32)28-25(19)31)24-17-23(22(33-24)15-16-30)34-35(27(2,3)4,20-11-7-5-8-12-20)21-13-9-6-10-14-21/h5-15,18,23-24,30H,16-17H2,1-4H3,(H,28,31,32)/b22-15+/t23-,24+/m0/s1. The molecule has 1 aromatic heterocycles.